The highest BCUT2D eigenvalue weighted by Gasteiger charge is 2.46. The summed E-state index contributed by atoms with van der Waals surface area (Å²) < 4.78 is 5.09. The summed E-state index contributed by atoms with van der Waals surface area (Å²) in [5, 5.41) is 5.14. The molecule has 3 heterocycles. The van der Waals surface area contributed by atoms with Crippen molar-refractivity contribution in [3.8, 4) is 44.8 Å². The van der Waals surface area contributed by atoms with Gasteiger partial charge in [-0.1, -0.05) is 195 Å². The quantitative estimate of drug-likeness (QED) is 0.174. The molecule has 0 spiro atoms. The fourth-order valence-electron chi connectivity index (χ4n) is 11.0. The molecule has 282 valence electrons. The standard InChI is InChI=1S/C57H38N2S/c1-35-33-39-16-9-10-21-43(39)52-53(35)59-50(34-47-45-32-31-36-15-8-11-22-44(36)54(45)60-55(47)56(59)58-52)38-29-27-37(28-30-38)42-24-14-26-49-51(42)46-23-12-13-25-48(46)57(49,40-17-4-2-5-18-40)41-19-6-3-7-20-41/h2-32,34-35H,33H2,1H3. The maximum Gasteiger partial charge on any atom is 0.156 e. The minimum Gasteiger partial charge on any atom is -0.295 e. The van der Waals surface area contributed by atoms with Gasteiger partial charge in [-0.25, -0.2) is 4.98 Å². The second kappa shape index (κ2) is 12.7. The number of hydrogen-bond acceptors (Lipinski definition) is 2. The van der Waals surface area contributed by atoms with Gasteiger partial charge in [0.25, 0.3) is 0 Å². The molecule has 0 saturated heterocycles. The van der Waals surface area contributed by atoms with Gasteiger partial charge < -0.3 is 0 Å². The van der Waals surface area contributed by atoms with Crippen LogP contribution in [0.4, 0.5) is 0 Å². The number of fused-ring (bicyclic) bond motifs is 14. The topological polar surface area (TPSA) is 17.3 Å². The summed E-state index contributed by atoms with van der Waals surface area (Å²) in [7, 11) is 0. The molecular weight excluding hydrogens is 745 g/mol. The fourth-order valence-corrected chi connectivity index (χ4v) is 12.3. The van der Waals surface area contributed by atoms with E-state index in [1.165, 1.54) is 104 Å². The molecule has 0 N–H and O–H groups in total. The molecule has 0 amide bonds. The number of hydrogen-bond donors (Lipinski definition) is 0. The smallest absolute Gasteiger partial charge is 0.156 e. The average Bonchev–Trinajstić information content (AvgIpc) is 3.99. The first-order valence-electron chi connectivity index (χ1n) is 21.0. The van der Waals surface area contributed by atoms with Gasteiger partial charge in [0.05, 0.1) is 27.2 Å². The van der Waals surface area contributed by atoms with E-state index in [2.05, 4.69) is 205 Å². The Morgan fingerprint density at radius 2 is 1.18 bits per heavy atom. The first-order chi connectivity index (χ1) is 29.7. The number of pyridine rings is 1. The van der Waals surface area contributed by atoms with Gasteiger partial charge in [-0.3, -0.25) is 4.40 Å². The Hall–Kier alpha value is -7.07. The van der Waals surface area contributed by atoms with Crippen LogP contribution in [0, 0.1) is 0 Å². The van der Waals surface area contributed by atoms with Crippen molar-refractivity contribution in [1.29, 1.82) is 0 Å². The normalized spacial score (nSPS) is 15.0. The van der Waals surface area contributed by atoms with Gasteiger partial charge in [0, 0.05) is 27.0 Å². The molecule has 3 aromatic heterocycles. The summed E-state index contributed by atoms with van der Waals surface area (Å²) in [5.41, 5.74) is 18.3. The third kappa shape index (κ3) is 4.56. The summed E-state index contributed by atoms with van der Waals surface area (Å²) in [4.78, 5) is 5.60. The molecule has 2 aliphatic carbocycles. The molecule has 60 heavy (non-hydrogen) atoms. The Morgan fingerprint density at radius 3 is 1.98 bits per heavy atom. The van der Waals surface area contributed by atoms with Crippen LogP contribution < -0.4 is 0 Å². The van der Waals surface area contributed by atoms with E-state index in [-0.39, 0.29) is 0 Å². The molecule has 0 saturated carbocycles. The first kappa shape index (κ1) is 33.9. The van der Waals surface area contributed by atoms with Gasteiger partial charge in [0.15, 0.2) is 5.65 Å². The zero-order valence-corrected chi connectivity index (χ0v) is 33.9. The van der Waals surface area contributed by atoms with Gasteiger partial charge in [0.2, 0.25) is 0 Å². The highest BCUT2D eigenvalue weighted by molar-refractivity contribution is 7.27. The molecule has 2 nitrogen and oxygen atoms in total. The average molecular weight is 783 g/mol. The first-order valence-corrected chi connectivity index (χ1v) is 21.8. The van der Waals surface area contributed by atoms with E-state index in [0.717, 1.165) is 17.8 Å². The fraction of sp³-hybridized carbons (Fsp3) is 0.0702. The molecule has 1 unspecified atom stereocenters. The van der Waals surface area contributed by atoms with E-state index in [1.54, 1.807) is 0 Å². The van der Waals surface area contributed by atoms with Crippen molar-refractivity contribution in [2.45, 2.75) is 24.7 Å². The monoisotopic (exact) mass is 782 g/mol. The predicted molar refractivity (Wildman–Crippen MR) is 251 cm³/mol. The number of aromatic nitrogens is 2. The Morgan fingerprint density at radius 1 is 0.533 bits per heavy atom. The van der Waals surface area contributed by atoms with Crippen LogP contribution in [0.3, 0.4) is 0 Å². The molecule has 0 aliphatic heterocycles. The lowest BCUT2D eigenvalue weighted by molar-refractivity contribution is 0.715. The number of imidazole rings is 1. The van der Waals surface area contributed by atoms with E-state index in [0.29, 0.717) is 5.92 Å². The van der Waals surface area contributed by atoms with Crippen molar-refractivity contribution in [1.82, 2.24) is 9.38 Å². The Kier molecular flexibility index (Phi) is 7.17. The van der Waals surface area contributed by atoms with E-state index in [9.17, 15) is 0 Å². The van der Waals surface area contributed by atoms with Gasteiger partial charge in [-0.15, -0.1) is 11.3 Å². The van der Waals surface area contributed by atoms with Crippen LogP contribution in [0.15, 0.2) is 194 Å². The Balaban J connectivity index is 1.04. The summed E-state index contributed by atoms with van der Waals surface area (Å²) in [6, 6.07) is 72.2. The molecule has 1 atom stereocenters. The Bertz CT molecular complexity index is 3480. The minimum absolute atomic E-state index is 0.317. The maximum absolute atomic E-state index is 5.60. The Labute approximate surface area is 352 Å². The number of rotatable bonds is 4. The number of benzene rings is 8. The zero-order chi connectivity index (χ0) is 39.5. The van der Waals surface area contributed by atoms with Crippen molar-refractivity contribution in [2.75, 3.05) is 0 Å². The summed E-state index contributed by atoms with van der Waals surface area (Å²) in [6.45, 7) is 2.37. The van der Waals surface area contributed by atoms with Crippen LogP contribution in [-0.4, -0.2) is 9.38 Å². The summed E-state index contributed by atoms with van der Waals surface area (Å²) in [6.07, 6.45) is 0.998. The van der Waals surface area contributed by atoms with E-state index >= 15 is 0 Å². The second-order valence-electron chi connectivity index (χ2n) is 16.6. The maximum atomic E-state index is 5.60. The van der Waals surface area contributed by atoms with Gasteiger partial charge in [-0.2, -0.15) is 0 Å². The van der Waals surface area contributed by atoms with Crippen molar-refractivity contribution in [2.24, 2.45) is 0 Å². The van der Waals surface area contributed by atoms with E-state index < -0.39 is 5.41 Å². The molecule has 0 fully saturated rings. The van der Waals surface area contributed by atoms with Crippen LogP contribution >= 0.6 is 11.3 Å². The van der Waals surface area contributed by atoms with Crippen molar-refractivity contribution in [3.63, 3.8) is 0 Å². The van der Waals surface area contributed by atoms with Crippen molar-refractivity contribution in [3.05, 3.63) is 228 Å². The van der Waals surface area contributed by atoms with Gasteiger partial charge in [0.1, 0.15) is 0 Å². The third-order valence-corrected chi connectivity index (χ3v) is 14.7. The van der Waals surface area contributed by atoms with Gasteiger partial charge >= 0.3 is 0 Å². The lowest BCUT2D eigenvalue weighted by Crippen LogP contribution is -2.28. The van der Waals surface area contributed by atoms with Crippen LogP contribution in [0.2, 0.25) is 0 Å². The molecule has 3 heteroatoms. The molecule has 2 aliphatic rings. The predicted octanol–water partition coefficient (Wildman–Crippen LogP) is 14.9. The van der Waals surface area contributed by atoms with E-state index in [1.807, 2.05) is 11.3 Å². The molecule has 0 radical (unpaired) electrons. The minimum atomic E-state index is -0.435. The lowest BCUT2D eigenvalue weighted by atomic mass is 9.67. The highest BCUT2D eigenvalue weighted by atomic mass is 32.1. The van der Waals surface area contributed by atoms with Crippen molar-refractivity contribution < 1.29 is 0 Å². The van der Waals surface area contributed by atoms with Crippen LogP contribution in [0.1, 0.15) is 46.4 Å². The molecule has 0 bridgehead atoms. The highest BCUT2D eigenvalue weighted by Crippen LogP contribution is 2.58. The second-order valence-corrected chi connectivity index (χ2v) is 17.7. The largest absolute Gasteiger partial charge is 0.295 e. The molecule has 11 aromatic rings. The summed E-state index contributed by atoms with van der Waals surface area (Å²) in [5.74, 6) is 0.317. The summed E-state index contributed by atoms with van der Waals surface area (Å²) >= 11 is 1.89. The van der Waals surface area contributed by atoms with Crippen molar-refractivity contribution >= 4 is 47.9 Å². The SMILES string of the molecule is CC1Cc2ccccc2-c2nc3c4sc5c6ccccc6ccc5c4cc(-c4ccc(-c5cccc6c5-c5ccccc5C6(c5ccccc5)c5ccccc5)cc4)n3c21. The van der Waals surface area contributed by atoms with Crippen LogP contribution in [0.25, 0.3) is 81.4 Å². The van der Waals surface area contributed by atoms with Crippen LogP contribution in [0.5, 0.6) is 0 Å². The van der Waals surface area contributed by atoms with E-state index in [4.69, 9.17) is 4.98 Å². The molecule has 8 aromatic carbocycles. The van der Waals surface area contributed by atoms with Crippen LogP contribution in [-0.2, 0) is 11.8 Å². The lowest BCUT2D eigenvalue weighted by Gasteiger charge is -2.34. The number of thiophene rings is 1. The third-order valence-electron chi connectivity index (χ3n) is 13.5. The number of nitrogens with zero attached hydrogens (tertiary/aromatic N) is 2. The zero-order valence-electron chi connectivity index (χ0n) is 33.1. The molecule has 13 rings (SSSR count). The molecular formula is C57H38N2S. The van der Waals surface area contributed by atoms with Gasteiger partial charge in [-0.05, 0) is 78.9 Å².